The van der Waals surface area contributed by atoms with Crippen LogP contribution < -0.4 is 0 Å². The van der Waals surface area contributed by atoms with Gasteiger partial charge in [0.05, 0.1) is 0 Å². The number of hydrogen-bond donors (Lipinski definition) is 0. The number of benzene rings is 2. The minimum Gasteiger partial charge on any atom is -0.442 e. The van der Waals surface area contributed by atoms with Crippen LogP contribution in [0.2, 0.25) is 0 Å². The van der Waals surface area contributed by atoms with E-state index in [2.05, 4.69) is 0 Å². The van der Waals surface area contributed by atoms with E-state index in [9.17, 15) is 9.59 Å². The third-order valence-electron chi connectivity index (χ3n) is 4.96. The summed E-state index contributed by atoms with van der Waals surface area (Å²) in [7, 11) is 0. The summed E-state index contributed by atoms with van der Waals surface area (Å²) in [6.07, 6.45) is -0.661. The SMILES string of the molecule is CCOCC[C@H]1C(=O)OCN1C(=O)OC1c2ccccc2-c2ccccc21. The fourth-order valence-corrected chi connectivity index (χ4v) is 3.64. The first-order valence-electron chi connectivity index (χ1n) is 9.10. The van der Waals surface area contributed by atoms with Crippen LogP contribution in [0.4, 0.5) is 4.79 Å². The van der Waals surface area contributed by atoms with Gasteiger partial charge >= 0.3 is 12.1 Å². The fraction of sp³-hybridized carbons (Fsp3) is 0.333. The Hall–Kier alpha value is -2.86. The summed E-state index contributed by atoms with van der Waals surface area (Å²) in [4.78, 5) is 26.2. The van der Waals surface area contributed by atoms with Gasteiger partial charge in [-0.15, -0.1) is 0 Å². The van der Waals surface area contributed by atoms with Crippen molar-refractivity contribution < 1.29 is 23.8 Å². The fourth-order valence-electron chi connectivity index (χ4n) is 3.64. The molecule has 0 spiro atoms. The van der Waals surface area contributed by atoms with Gasteiger partial charge in [-0.05, 0) is 18.1 Å². The molecule has 0 saturated carbocycles. The van der Waals surface area contributed by atoms with Crippen molar-refractivity contribution in [1.82, 2.24) is 4.90 Å². The van der Waals surface area contributed by atoms with Crippen LogP contribution in [0.5, 0.6) is 0 Å². The molecule has 2 aromatic rings. The van der Waals surface area contributed by atoms with Crippen molar-refractivity contribution in [3.05, 3.63) is 59.7 Å². The number of rotatable bonds is 5. The number of fused-ring (bicyclic) bond motifs is 3. The van der Waals surface area contributed by atoms with E-state index < -0.39 is 24.2 Å². The average Bonchev–Trinajstić information content (AvgIpc) is 3.21. The number of carbonyl (C=O) groups excluding carboxylic acids is 2. The van der Waals surface area contributed by atoms with E-state index in [1.54, 1.807) is 0 Å². The zero-order valence-corrected chi connectivity index (χ0v) is 15.1. The second kappa shape index (κ2) is 7.40. The van der Waals surface area contributed by atoms with E-state index in [0.29, 0.717) is 19.6 Å². The Morgan fingerprint density at radius 1 is 1.11 bits per heavy atom. The molecule has 27 heavy (non-hydrogen) atoms. The quantitative estimate of drug-likeness (QED) is 0.598. The maximum atomic E-state index is 12.8. The molecule has 140 valence electrons. The Bertz CT molecular complexity index is 820. The first kappa shape index (κ1) is 17.5. The highest BCUT2D eigenvalue weighted by molar-refractivity contribution is 5.85. The molecule has 2 aliphatic rings. The Kier molecular flexibility index (Phi) is 4.81. The maximum absolute atomic E-state index is 12.8. The van der Waals surface area contributed by atoms with Crippen LogP contribution in [0.3, 0.4) is 0 Å². The standard InChI is InChI=1S/C21H21NO5/c1-2-25-12-11-18-20(23)26-13-22(18)21(24)27-19-16-9-5-3-7-14(16)15-8-4-6-10-17(15)19/h3-10,18-19H,2,11-13H2,1H3/t18-/m0/s1. The highest BCUT2D eigenvalue weighted by Gasteiger charge is 2.40. The van der Waals surface area contributed by atoms with Crippen molar-refractivity contribution in [3.8, 4) is 11.1 Å². The molecule has 1 saturated heterocycles. The van der Waals surface area contributed by atoms with Crippen LogP contribution in [0.15, 0.2) is 48.5 Å². The molecule has 1 atom stereocenters. The second-order valence-electron chi connectivity index (χ2n) is 6.50. The summed E-state index contributed by atoms with van der Waals surface area (Å²) in [5, 5.41) is 0. The summed E-state index contributed by atoms with van der Waals surface area (Å²) in [6.45, 7) is 2.73. The number of hydrogen-bond acceptors (Lipinski definition) is 5. The minimum atomic E-state index is -0.670. The number of cyclic esters (lactones) is 1. The molecule has 0 radical (unpaired) electrons. The molecule has 1 aliphatic carbocycles. The highest BCUT2D eigenvalue weighted by atomic mass is 16.6. The summed E-state index contributed by atoms with van der Waals surface area (Å²) < 4.78 is 16.2. The van der Waals surface area contributed by atoms with E-state index in [4.69, 9.17) is 14.2 Å². The van der Waals surface area contributed by atoms with E-state index in [1.165, 1.54) is 4.90 Å². The van der Waals surface area contributed by atoms with Gasteiger partial charge in [0.15, 0.2) is 12.8 Å². The molecule has 6 nitrogen and oxygen atoms in total. The van der Waals surface area contributed by atoms with E-state index in [1.807, 2.05) is 55.5 Å². The first-order chi connectivity index (χ1) is 13.2. The molecule has 1 amide bonds. The van der Waals surface area contributed by atoms with E-state index in [-0.39, 0.29) is 6.73 Å². The molecular weight excluding hydrogens is 346 g/mol. The first-order valence-corrected chi connectivity index (χ1v) is 9.10. The predicted octanol–water partition coefficient (Wildman–Crippen LogP) is 3.50. The number of carbonyl (C=O) groups is 2. The normalized spacial score (nSPS) is 18.2. The third-order valence-corrected chi connectivity index (χ3v) is 4.96. The number of nitrogens with zero attached hydrogens (tertiary/aromatic N) is 1. The molecule has 0 N–H and O–H groups in total. The molecule has 0 aromatic heterocycles. The second-order valence-corrected chi connectivity index (χ2v) is 6.50. The lowest BCUT2D eigenvalue weighted by molar-refractivity contribution is -0.139. The smallest absolute Gasteiger partial charge is 0.414 e. The number of ether oxygens (including phenoxy) is 3. The number of amides is 1. The largest absolute Gasteiger partial charge is 0.442 e. The molecule has 6 heteroatoms. The lowest BCUT2D eigenvalue weighted by Crippen LogP contribution is -2.39. The Labute approximate surface area is 157 Å². The topological polar surface area (TPSA) is 65.1 Å². The van der Waals surface area contributed by atoms with Crippen LogP contribution in [0.25, 0.3) is 11.1 Å². The molecule has 1 heterocycles. The van der Waals surface area contributed by atoms with Crippen molar-refractivity contribution >= 4 is 12.1 Å². The predicted molar refractivity (Wildman–Crippen MR) is 97.9 cm³/mol. The van der Waals surface area contributed by atoms with Gasteiger partial charge in [-0.2, -0.15) is 0 Å². The van der Waals surface area contributed by atoms with Crippen molar-refractivity contribution in [2.45, 2.75) is 25.5 Å². The average molecular weight is 367 g/mol. The van der Waals surface area contributed by atoms with Gasteiger partial charge in [0.2, 0.25) is 0 Å². The van der Waals surface area contributed by atoms with Crippen LogP contribution in [0.1, 0.15) is 30.6 Å². The van der Waals surface area contributed by atoms with Gasteiger partial charge in [0, 0.05) is 30.8 Å². The van der Waals surface area contributed by atoms with Crippen LogP contribution in [-0.4, -0.2) is 42.9 Å². The maximum Gasteiger partial charge on any atom is 0.414 e. The molecule has 1 fully saturated rings. The summed E-state index contributed by atoms with van der Waals surface area (Å²) in [6, 6.07) is 15.1. The zero-order valence-electron chi connectivity index (χ0n) is 15.1. The molecule has 4 rings (SSSR count). The van der Waals surface area contributed by atoms with Crippen LogP contribution >= 0.6 is 0 Å². The van der Waals surface area contributed by atoms with E-state index in [0.717, 1.165) is 22.3 Å². The van der Waals surface area contributed by atoms with Crippen molar-refractivity contribution in [2.24, 2.45) is 0 Å². The zero-order chi connectivity index (χ0) is 18.8. The van der Waals surface area contributed by atoms with Gasteiger partial charge in [-0.25, -0.2) is 9.59 Å². The minimum absolute atomic E-state index is 0.0928. The van der Waals surface area contributed by atoms with Crippen molar-refractivity contribution in [1.29, 1.82) is 0 Å². The molecule has 1 aliphatic heterocycles. The summed E-state index contributed by atoms with van der Waals surface area (Å²) in [5.41, 5.74) is 4.02. The number of esters is 1. The van der Waals surface area contributed by atoms with Gasteiger partial charge in [0.1, 0.15) is 6.04 Å². The van der Waals surface area contributed by atoms with Gasteiger partial charge in [-0.1, -0.05) is 48.5 Å². The molecule has 0 bridgehead atoms. The van der Waals surface area contributed by atoms with E-state index >= 15 is 0 Å². The highest BCUT2D eigenvalue weighted by Crippen LogP contribution is 2.45. The third kappa shape index (κ3) is 3.17. The van der Waals surface area contributed by atoms with Crippen LogP contribution in [-0.2, 0) is 19.0 Å². The Morgan fingerprint density at radius 2 is 1.74 bits per heavy atom. The van der Waals surface area contributed by atoms with Crippen LogP contribution in [0, 0.1) is 0 Å². The van der Waals surface area contributed by atoms with Crippen molar-refractivity contribution in [2.75, 3.05) is 19.9 Å². The lowest BCUT2D eigenvalue weighted by Gasteiger charge is -2.23. The molecule has 0 unspecified atom stereocenters. The Balaban J connectivity index is 1.55. The Morgan fingerprint density at radius 3 is 2.37 bits per heavy atom. The van der Waals surface area contributed by atoms with Crippen molar-refractivity contribution in [3.63, 3.8) is 0 Å². The molecule has 2 aromatic carbocycles. The van der Waals surface area contributed by atoms with Gasteiger partial charge < -0.3 is 14.2 Å². The van der Waals surface area contributed by atoms with Gasteiger partial charge in [-0.3, -0.25) is 4.90 Å². The lowest BCUT2D eigenvalue weighted by atomic mass is 10.1. The summed E-state index contributed by atoms with van der Waals surface area (Å²) >= 11 is 0. The van der Waals surface area contributed by atoms with Gasteiger partial charge in [0.25, 0.3) is 0 Å². The monoisotopic (exact) mass is 367 g/mol. The molecular formula is C21H21NO5. The summed E-state index contributed by atoms with van der Waals surface area (Å²) in [5.74, 6) is -0.418.